The topological polar surface area (TPSA) is 128 Å². The Hall–Kier alpha value is -3.28. The number of hydrogen-bond donors (Lipinski definition) is 1. The summed E-state index contributed by atoms with van der Waals surface area (Å²) in [5, 5.41) is 2.53. The van der Waals surface area contributed by atoms with Crippen molar-refractivity contribution in [1.29, 1.82) is 0 Å². The van der Waals surface area contributed by atoms with Gasteiger partial charge in [0.25, 0.3) is 5.91 Å². The first-order valence-corrected chi connectivity index (χ1v) is 11.1. The number of nitrogens with one attached hydrogen (secondary N) is 1. The van der Waals surface area contributed by atoms with Crippen molar-refractivity contribution in [3.63, 3.8) is 0 Å². The van der Waals surface area contributed by atoms with Crippen molar-refractivity contribution in [3.8, 4) is 0 Å². The SMILES string of the molecule is COC(=O)c1ccc(C(=O)OCC(=O)Nc2ccc(S(=O)(=O)N3CCOCC3)cc2)cc1. The molecule has 0 aromatic heterocycles. The molecule has 2 aromatic rings. The van der Waals surface area contributed by atoms with E-state index in [1.54, 1.807) is 0 Å². The van der Waals surface area contributed by atoms with E-state index < -0.39 is 34.5 Å². The lowest BCUT2D eigenvalue weighted by Crippen LogP contribution is -2.40. The van der Waals surface area contributed by atoms with E-state index in [0.29, 0.717) is 18.9 Å². The number of carbonyl (C=O) groups is 3. The maximum absolute atomic E-state index is 12.6. The molecule has 0 unspecified atom stereocenters. The molecule has 0 saturated carbocycles. The Kier molecular flexibility index (Phi) is 7.57. The lowest BCUT2D eigenvalue weighted by Gasteiger charge is -2.26. The quantitative estimate of drug-likeness (QED) is 0.610. The Labute approximate surface area is 185 Å². The zero-order chi connectivity index (χ0) is 23.1. The highest BCUT2D eigenvalue weighted by Crippen LogP contribution is 2.19. The van der Waals surface area contributed by atoms with Gasteiger partial charge in [-0.05, 0) is 48.5 Å². The highest BCUT2D eigenvalue weighted by Gasteiger charge is 2.26. The van der Waals surface area contributed by atoms with Gasteiger partial charge in [0, 0.05) is 18.8 Å². The van der Waals surface area contributed by atoms with Gasteiger partial charge in [0.1, 0.15) is 0 Å². The molecule has 1 amide bonds. The van der Waals surface area contributed by atoms with Crippen LogP contribution in [0.25, 0.3) is 0 Å². The lowest BCUT2D eigenvalue weighted by molar-refractivity contribution is -0.119. The number of anilines is 1. The van der Waals surface area contributed by atoms with E-state index in [2.05, 4.69) is 10.1 Å². The van der Waals surface area contributed by atoms with Crippen LogP contribution < -0.4 is 5.32 Å². The predicted molar refractivity (Wildman–Crippen MR) is 113 cm³/mol. The first kappa shape index (κ1) is 23.4. The summed E-state index contributed by atoms with van der Waals surface area (Å²) in [6, 6.07) is 11.3. The van der Waals surface area contributed by atoms with Gasteiger partial charge in [0.2, 0.25) is 10.0 Å². The summed E-state index contributed by atoms with van der Waals surface area (Å²) in [7, 11) is -2.38. The third-order valence-electron chi connectivity index (χ3n) is 4.62. The van der Waals surface area contributed by atoms with Crippen molar-refractivity contribution in [1.82, 2.24) is 4.31 Å². The molecule has 2 aromatic carbocycles. The Morgan fingerprint density at radius 2 is 1.50 bits per heavy atom. The first-order valence-electron chi connectivity index (χ1n) is 9.64. The molecule has 0 bridgehead atoms. The van der Waals surface area contributed by atoms with Gasteiger partial charge in [-0.25, -0.2) is 18.0 Å². The van der Waals surface area contributed by atoms with Gasteiger partial charge in [-0.2, -0.15) is 4.31 Å². The highest BCUT2D eigenvalue weighted by atomic mass is 32.2. The molecule has 3 rings (SSSR count). The normalized spacial score (nSPS) is 14.4. The minimum atomic E-state index is -3.63. The van der Waals surface area contributed by atoms with Gasteiger partial charge < -0.3 is 19.5 Å². The van der Waals surface area contributed by atoms with Crippen LogP contribution in [-0.4, -0.2) is 70.6 Å². The fourth-order valence-electron chi connectivity index (χ4n) is 2.92. The van der Waals surface area contributed by atoms with Gasteiger partial charge in [-0.1, -0.05) is 0 Å². The molecule has 0 atom stereocenters. The fraction of sp³-hybridized carbons (Fsp3) is 0.286. The van der Waals surface area contributed by atoms with Crippen LogP contribution in [0.5, 0.6) is 0 Å². The van der Waals surface area contributed by atoms with Crippen molar-refractivity contribution in [2.45, 2.75) is 4.90 Å². The monoisotopic (exact) mass is 462 g/mol. The molecule has 0 radical (unpaired) electrons. The molecular weight excluding hydrogens is 440 g/mol. The van der Waals surface area contributed by atoms with Crippen molar-refractivity contribution in [2.24, 2.45) is 0 Å². The molecule has 0 aliphatic carbocycles. The van der Waals surface area contributed by atoms with E-state index in [0.717, 1.165) is 0 Å². The number of esters is 2. The van der Waals surface area contributed by atoms with Gasteiger partial charge in [-0.3, -0.25) is 4.79 Å². The van der Waals surface area contributed by atoms with Crippen LogP contribution in [0.3, 0.4) is 0 Å². The Morgan fingerprint density at radius 3 is 2.06 bits per heavy atom. The number of hydrogen-bond acceptors (Lipinski definition) is 8. The van der Waals surface area contributed by atoms with Gasteiger partial charge in [0.15, 0.2) is 6.61 Å². The maximum atomic E-state index is 12.6. The molecule has 170 valence electrons. The molecule has 1 fully saturated rings. The number of nitrogens with zero attached hydrogens (tertiary/aromatic N) is 1. The minimum Gasteiger partial charge on any atom is -0.465 e. The lowest BCUT2D eigenvalue weighted by atomic mass is 10.1. The molecule has 11 heteroatoms. The van der Waals surface area contributed by atoms with Crippen LogP contribution in [0.1, 0.15) is 20.7 Å². The van der Waals surface area contributed by atoms with Crippen LogP contribution in [-0.2, 0) is 29.0 Å². The first-order chi connectivity index (χ1) is 15.3. The average Bonchev–Trinajstić information content (AvgIpc) is 2.83. The predicted octanol–water partition coefficient (Wildman–Crippen LogP) is 1.29. The summed E-state index contributed by atoms with van der Waals surface area (Å²) in [4.78, 5) is 35.6. The second-order valence-corrected chi connectivity index (χ2v) is 8.67. The molecular formula is C21H22N2O8S. The van der Waals surface area contributed by atoms with E-state index in [1.807, 2.05) is 0 Å². The van der Waals surface area contributed by atoms with Gasteiger partial charge in [-0.15, -0.1) is 0 Å². The van der Waals surface area contributed by atoms with Crippen molar-refractivity contribution in [3.05, 3.63) is 59.7 Å². The fourth-order valence-corrected chi connectivity index (χ4v) is 4.33. The van der Waals surface area contributed by atoms with Crippen LogP contribution in [0.15, 0.2) is 53.4 Å². The number of amides is 1. The van der Waals surface area contributed by atoms with E-state index in [1.165, 1.54) is 59.9 Å². The molecule has 1 heterocycles. The second-order valence-electron chi connectivity index (χ2n) is 6.73. The summed E-state index contributed by atoms with van der Waals surface area (Å²) < 4.78 is 41.3. The molecule has 10 nitrogen and oxygen atoms in total. The standard InChI is InChI=1S/C21H22N2O8S/c1-29-20(25)15-2-4-16(5-3-15)21(26)31-14-19(24)22-17-6-8-18(9-7-17)32(27,28)23-10-12-30-13-11-23/h2-9H,10-14H2,1H3,(H,22,24). The Bertz CT molecular complexity index is 1080. The zero-order valence-corrected chi connectivity index (χ0v) is 18.1. The van der Waals surface area contributed by atoms with Gasteiger partial charge in [0.05, 0.1) is 36.3 Å². The third kappa shape index (κ3) is 5.69. The number of carbonyl (C=O) groups excluding carboxylic acids is 3. The average molecular weight is 462 g/mol. The summed E-state index contributed by atoms with van der Waals surface area (Å²) >= 11 is 0. The van der Waals surface area contributed by atoms with E-state index >= 15 is 0 Å². The van der Waals surface area contributed by atoms with Crippen molar-refractivity contribution >= 4 is 33.6 Å². The van der Waals surface area contributed by atoms with E-state index in [-0.39, 0.29) is 29.1 Å². The zero-order valence-electron chi connectivity index (χ0n) is 17.3. The molecule has 1 aliphatic heterocycles. The van der Waals surface area contributed by atoms with E-state index in [4.69, 9.17) is 9.47 Å². The molecule has 1 aliphatic rings. The Balaban J connectivity index is 1.52. The largest absolute Gasteiger partial charge is 0.465 e. The van der Waals surface area contributed by atoms with Crippen molar-refractivity contribution < 1.29 is 37.0 Å². The van der Waals surface area contributed by atoms with Crippen molar-refractivity contribution in [2.75, 3.05) is 45.3 Å². The summed E-state index contributed by atoms with van der Waals surface area (Å²) in [6.07, 6.45) is 0. The minimum absolute atomic E-state index is 0.110. The number of sulfonamides is 1. The number of ether oxygens (including phenoxy) is 3. The smallest absolute Gasteiger partial charge is 0.338 e. The molecule has 0 spiro atoms. The van der Waals surface area contributed by atoms with Crippen LogP contribution >= 0.6 is 0 Å². The Morgan fingerprint density at radius 1 is 0.938 bits per heavy atom. The van der Waals surface area contributed by atoms with E-state index in [9.17, 15) is 22.8 Å². The summed E-state index contributed by atoms with van der Waals surface area (Å²) in [6.45, 7) is 0.740. The summed E-state index contributed by atoms with van der Waals surface area (Å²) in [5.74, 6) is -1.86. The summed E-state index contributed by atoms with van der Waals surface area (Å²) in [5.41, 5.74) is 0.804. The van der Waals surface area contributed by atoms with Crippen LogP contribution in [0.2, 0.25) is 0 Å². The van der Waals surface area contributed by atoms with Gasteiger partial charge >= 0.3 is 11.9 Å². The number of rotatable bonds is 7. The van der Waals surface area contributed by atoms with Crippen LogP contribution in [0.4, 0.5) is 5.69 Å². The molecule has 32 heavy (non-hydrogen) atoms. The maximum Gasteiger partial charge on any atom is 0.338 e. The number of benzene rings is 2. The van der Waals surface area contributed by atoms with Crippen LogP contribution in [0, 0.1) is 0 Å². The highest BCUT2D eigenvalue weighted by molar-refractivity contribution is 7.89. The number of methoxy groups -OCH3 is 1. The second kappa shape index (κ2) is 10.4. The molecule has 1 N–H and O–H groups in total. The third-order valence-corrected chi connectivity index (χ3v) is 6.53. The number of morpholine rings is 1. The molecule has 1 saturated heterocycles.